The van der Waals surface area contributed by atoms with Gasteiger partial charge in [0.2, 0.25) is 7.28 Å². The summed E-state index contributed by atoms with van der Waals surface area (Å²) in [6.07, 6.45) is 18.4. The van der Waals surface area contributed by atoms with Crippen molar-refractivity contribution < 1.29 is 4.79 Å². The van der Waals surface area contributed by atoms with Gasteiger partial charge in [-0.2, -0.15) is 0 Å². The van der Waals surface area contributed by atoms with Gasteiger partial charge in [-0.3, -0.25) is 0 Å². The molecule has 1 aliphatic rings. The van der Waals surface area contributed by atoms with E-state index in [1.165, 1.54) is 32.1 Å². The molecule has 28 heavy (non-hydrogen) atoms. The fourth-order valence-corrected chi connectivity index (χ4v) is 3.87. The van der Waals surface area contributed by atoms with E-state index >= 15 is 0 Å². The van der Waals surface area contributed by atoms with Crippen molar-refractivity contribution in [3.63, 3.8) is 0 Å². The van der Waals surface area contributed by atoms with E-state index in [0.717, 1.165) is 40.7 Å². The highest BCUT2D eigenvalue weighted by molar-refractivity contribution is 6.84. The molecule has 0 amide bonds. The highest BCUT2D eigenvalue weighted by Crippen LogP contribution is 2.23. The molecule has 0 unspecified atom stereocenters. The van der Waals surface area contributed by atoms with Crippen molar-refractivity contribution in [1.29, 1.82) is 0 Å². The molecule has 1 aromatic carbocycles. The number of allylic oxidation sites excluding steroid dienone is 6. The molecular formula is C24H30BN2O. The van der Waals surface area contributed by atoms with Crippen LogP contribution in [0.25, 0.3) is 16.6 Å². The second kappa shape index (κ2) is 10.3. The smallest absolute Gasteiger partial charge is 0.241 e. The average Bonchev–Trinajstić information content (AvgIpc) is 3.08. The molecule has 0 spiro atoms. The van der Waals surface area contributed by atoms with Crippen molar-refractivity contribution in [1.82, 2.24) is 9.97 Å². The van der Waals surface area contributed by atoms with Crippen LogP contribution in [0.1, 0.15) is 64.6 Å². The van der Waals surface area contributed by atoms with E-state index in [4.69, 9.17) is 4.98 Å². The predicted octanol–water partition coefficient (Wildman–Crippen LogP) is 5.32. The summed E-state index contributed by atoms with van der Waals surface area (Å²) in [7, 11) is 1.83. The lowest BCUT2D eigenvalue weighted by molar-refractivity contribution is -0.115. The Bertz CT molecular complexity index is 883. The molecule has 1 fully saturated rings. The van der Waals surface area contributed by atoms with Gasteiger partial charge in [-0.05, 0) is 38.8 Å². The van der Waals surface area contributed by atoms with Crippen molar-refractivity contribution in [2.24, 2.45) is 5.92 Å². The summed E-state index contributed by atoms with van der Waals surface area (Å²) in [6.45, 7) is 4.00. The van der Waals surface area contributed by atoms with Crippen LogP contribution in [0.5, 0.6) is 0 Å². The molecule has 3 rings (SSSR count). The van der Waals surface area contributed by atoms with Crippen molar-refractivity contribution in [2.75, 3.05) is 0 Å². The van der Waals surface area contributed by atoms with Gasteiger partial charge in [0.1, 0.15) is 5.82 Å². The quantitative estimate of drug-likeness (QED) is 0.551. The highest BCUT2D eigenvalue weighted by atomic mass is 16.1. The van der Waals surface area contributed by atoms with E-state index in [9.17, 15) is 4.79 Å². The topological polar surface area (TPSA) is 45.8 Å². The van der Waals surface area contributed by atoms with Crippen LogP contribution in [0.2, 0.25) is 0 Å². The third kappa shape index (κ3) is 5.34. The zero-order chi connectivity index (χ0) is 19.8. The van der Waals surface area contributed by atoms with Gasteiger partial charge in [-0.1, -0.05) is 74.0 Å². The van der Waals surface area contributed by atoms with Crippen LogP contribution >= 0.6 is 0 Å². The van der Waals surface area contributed by atoms with Crippen LogP contribution in [0.15, 0.2) is 48.6 Å². The molecule has 1 radical (unpaired) electrons. The number of nitrogens with zero attached hydrogens (tertiary/aromatic N) is 1. The Morgan fingerprint density at radius 2 is 1.86 bits per heavy atom. The van der Waals surface area contributed by atoms with Gasteiger partial charge in [-0.25, -0.2) is 4.98 Å². The van der Waals surface area contributed by atoms with E-state index in [2.05, 4.69) is 4.98 Å². The molecule has 1 heterocycles. The van der Waals surface area contributed by atoms with E-state index in [1.54, 1.807) is 0 Å². The number of fused-ring (bicyclic) bond motifs is 1. The standard InChI is InChI=1S/C24H30BN2O/c1-3-5-12-19(11-4-2)24-26-21-16-15-20(17-22(21)27-24)25-23(28)18-13-9-7-6-8-10-14-18/h3-5,11-12,15-18H,6-10,13-14H2,1-2H3,(H,26,27)/b5-3-,11-4-,19-12+. The van der Waals surface area contributed by atoms with Crippen molar-refractivity contribution in [2.45, 2.75) is 58.8 Å². The molecule has 0 aliphatic heterocycles. The fraction of sp³-hybridized carbons (Fsp3) is 0.417. The number of nitrogens with one attached hydrogen (secondary N) is 1. The lowest BCUT2D eigenvalue weighted by atomic mass is 9.60. The fourth-order valence-electron chi connectivity index (χ4n) is 3.87. The van der Waals surface area contributed by atoms with Crippen LogP contribution in [0.3, 0.4) is 0 Å². The maximum Gasteiger partial charge on any atom is 0.241 e. The number of carbonyl (C=O) groups excluding carboxylic acids is 1. The normalized spacial score (nSPS) is 17.3. The minimum atomic E-state index is 0.193. The summed E-state index contributed by atoms with van der Waals surface area (Å²) in [6, 6.07) is 6.03. The SMILES string of the molecule is C\C=C/C=C(\C=C/C)c1nc2ccc([B]C(=O)C3CCCCCCC3)cc2[nH]1. The molecule has 1 N–H and O–H groups in total. The third-order valence-corrected chi connectivity index (χ3v) is 5.41. The number of hydrogen-bond acceptors (Lipinski definition) is 2. The monoisotopic (exact) mass is 373 g/mol. The third-order valence-electron chi connectivity index (χ3n) is 5.41. The number of aromatic amines is 1. The molecule has 145 valence electrons. The lowest BCUT2D eigenvalue weighted by Gasteiger charge is -2.18. The Hall–Kier alpha value is -2.36. The first-order valence-corrected chi connectivity index (χ1v) is 10.6. The zero-order valence-corrected chi connectivity index (χ0v) is 17.1. The molecule has 3 nitrogen and oxygen atoms in total. The van der Waals surface area contributed by atoms with E-state index in [1.807, 2.05) is 69.7 Å². The van der Waals surface area contributed by atoms with Gasteiger partial charge >= 0.3 is 0 Å². The Kier molecular flexibility index (Phi) is 7.47. The summed E-state index contributed by atoms with van der Waals surface area (Å²) in [5.41, 5.74) is 4.16. The largest absolute Gasteiger partial charge is 0.338 e. The molecule has 1 aromatic heterocycles. The van der Waals surface area contributed by atoms with Crippen LogP contribution in [0, 0.1) is 5.92 Å². The van der Waals surface area contributed by atoms with Gasteiger partial charge < -0.3 is 9.78 Å². The summed E-state index contributed by atoms with van der Waals surface area (Å²) >= 11 is 0. The Balaban J connectivity index is 1.77. The maximum atomic E-state index is 12.8. The van der Waals surface area contributed by atoms with Crippen molar-refractivity contribution in [3.05, 3.63) is 54.4 Å². The maximum absolute atomic E-state index is 12.8. The number of imidazole rings is 1. The number of H-pyrrole nitrogens is 1. The molecule has 1 aliphatic carbocycles. The first-order valence-electron chi connectivity index (χ1n) is 10.6. The van der Waals surface area contributed by atoms with Crippen molar-refractivity contribution >= 4 is 35.0 Å². The minimum Gasteiger partial charge on any atom is -0.338 e. The molecule has 4 heteroatoms. The summed E-state index contributed by atoms with van der Waals surface area (Å²) < 4.78 is 0. The Morgan fingerprint density at radius 3 is 2.57 bits per heavy atom. The summed E-state index contributed by atoms with van der Waals surface area (Å²) in [5.74, 6) is 1.04. The summed E-state index contributed by atoms with van der Waals surface area (Å²) in [4.78, 5) is 20.9. The van der Waals surface area contributed by atoms with E-state index < -0.39 is 0 Å². The second-order valence-corrected chi connectivity index (χ2v) is 7.60. The second-order valence-electron chi connectivity index (χ2n) is 7.60. The number of aromatic nitrogens is 2. The minimum absolute atomic E-state index is 0.193. The number of benzene rings is 1. The number of hydrogen-bond donors (Lipinski definition) is 1. The van der Waals surface area contributed by atoms with Gasteiger partial charge in [0, 0.05) is 11.5 Å². The molecule has 0 atom stereocenters. The Labute approximate surface area is 169 Å². The van der Waals surface area contributed by atoms with Gasteiger partial charge in [-0.15, -0.1) is 0 Å². The number of rotatable bonds is 6. The van der Waals surface area contributed by atoms with Gasteiger partial charge in [0.25, 0.3) is 0 Å². The van der Waals surface area contributed by atoms with Crippen LogP contribution in [0.4, 0.5) is 0 Å². The van der Waals surface area contributed by atoms with Crippen LogP contribution in [-0.2, 0) is 4.79 Å². The number of carbonyl (C=O) groups is 1. The molecule has 2 aromatic rings. The zero-order valence-electron chi connectivity index (χ0n) is 17.1. The van der Waals surface area contributed by atoms with Crippen LogP contribution in [-0.4, -0.2) is 22.9 Å². The van der Waals surface area contributed by atoms with E-state index in [0.29, 0.717) is 0 Å². The molecular weight excluding hydrogens is 343 g/mol. The van der Waals surface area contributed by atoms with Crippen LogP contribution < -0.4 is 5.46 Å². The van der Waals surface area contributed by atoms with Crippen molar-refractivity contribution in [3.8, 4) is 0 Å². The van der Waals surface area contributed by atoms with Gasteiger partial charge in [0.05, 0.1) is 16.7 Å². The molecule has 1 saturated carbocycles. The predicted molar refractivity (Wildman–Crippen MR) is 120 cm³/mol. The first kappa shape index (κ1) is 20.4. The van der Waals surface area contributed by atoms with E-state index in [-0.39, 0.29) is 11.6 Å². The Morgan fingerprint density at radius 1 is 1.11 bits per heavy atom. The first-order chi connectivity index (χ1) is 13.7. The molecule has 0 saturated heterocycles. The lowest BCUT2D eigenvalue weighted by Crippen LogP contribution is -2.30. The summed E-state index contributed by atoms with van der Waals surface area (Å²) in [5, 5.41) is 0. The van der Waals surface area contributed by atoms with Gasteiger partial charge in [0.15, 0.2) is 0 Å². The molecule has 0 bridgehead atoms. The highest BCUT2D eigenvalue weighted by Gasteiger charge is 2.20. The average molecular weight is 373 g/mol.